The molecule has 0 heterocycles. The van der Waals surface area contributed by atoms with Gasteiger partial charge < -0.3 is 4.74 Å². The molecule has 0 aromatic carbocycles. The molecule has 0 aliphatic heterocycles. The van der Waals surface area contributed by atoms with Crippen LogP contribution in [0.4, 0.5) is 0 Å². The Balaban J connectivity index is 3.94. The maximum Gasteiger partial charge on any atom is 0.118 e. The monoisotopic (exact) mass is 180 g/mol. The Morgan fingerprint density at radius 1 is 1.23 bits per heavy atom. The maximum absolute atomic E-state index is 5.55. The lowest BCUT2D eigenvalue weighted by molar-refractivity contribution is 0.219. The van der Waals surface area contributed by atoms with Gasteiger partial charge in [0.1, 0.15) is 5.76 Å². The van der Waals surface area contributed by atoms with Gasteiger partial charge in [-0.2, -0.15) is 0 Å². The van der Waals surface area contributed by atoms with Gasteiger partial charge in [-0.05, 0) is 32.4 Å². The van der Waals surface area contributed by atoms with E-state index in [-0.39, 0.29) is 0 Å². The molecule has 1 heteroatoms. The average molecular weight is 180 g/mol. The van der Waals surface area contributed by atoms with Crippen LogP contribution in [-0.4, -0.2) is 6.61 Å². The van der Waals surface area contributed by atoms with E-state index >= 15 is 0 Å². The second kappa shape index (κ2) is 9.11. The fourth-order valence-electron chi connectivity index (χ4n) is 0.841. The quantitative estimate of drug-likeness (QED) is 0.343. The Hall–Kier alpha value is -0.980. The van der Waals surface area contributed by atoms with Gasteiger partial charge in [-0.15, -0.1) is 0 Å². The van der Waals surface area contributed by atoms with E-state index in [1.54, 1.807) is 0 Å². The molecule has 0 rings (SSSR count). The number of allylic oxidation sites excluding steroid dienone is 5. The molecule has 0 spiro atoms. The highest BCUT2D eigenvalue weighted by molar-refractivity contribution is 5.17. The minimum absolute atomic E-state index is 0.810. The van der Waals surface area contributed by atoms with Gasteiger partial charge in [0.15, 0.2) is 0 Å². The van der Waals surface area contributed by atoms with Crippen molar-refractivity contribution in [2.45, 2.75) is 33.6 Å². The van der Waals surface area contributed by atoms with Crippen LogP contribution in [0.5, 0.6) is 0 Å². The van der Waals surface area contributed by atoms with E-state index in [1.807, 2.05) is 44.2 Å². The SMILES string of the molecule is C\C=C/C=C(\C=C\C)OCCCC. The standard InChI is InChI=1S/C12H20O/c1-4-7-10-12(9-6-3)13-11-8-5-2/h4,6-7,9-10H,5,8,11H2,1-3H3/b7-4-,9-6+,12-10+. The molecule has 0 fully saturated rings. The molecule has 13 heavy (non-hydrogen) atoms. The summed E-state index contributed by atoms with van der Waals surface area (Å²) in [5.41, 5.74) is 0. The van der Waals surface area contributed by atoms with Crippen LogP contribution in [0.2, 0.25) is 0 Å². The summed E-state index contributed by atoms with van der Waals surface area (Å²) in [6.07, 6.45) is 12.2. The Morgan fingerprint density at radius 2 is 2.00 bits per heavy atom. The molecule has 0 saturated heterocycles. The van der Waals surface area contributed by atoms with Crippen LogP contribution in [0.3, 0.4) is 0 Å². The molecular weight excluding hydrogens is 160 g/mol. The van der Waals surface area contributed by atoms with Crippen molar-refractivity contribution in [3.8, 4) is 0 Å². The first-order valence-electron chi connectivity index (χ1n) is 4.93. The van der Waals surface area contributed by atoms with Crippen molar-refractivity contribution in [1.82, 2.24) is 0 Å². The van der Waals surface area contributed by atoms with Gasteiger partial charge in [-0.25, -0.2) is 0 Å². The zero-order chi connectivity index (χ0) is 9.94. The van der Waals surface area contributed by atoms with Crippen molar-refractivity contribution in [3.63, 3.8) is 0 Å². The Labute approximate surface area is 81.8 Å². The third kappa shape index (κ3) is 7.38. The summed E-state index contributed by atoms with van der Waals surface area (Å²) in [7, 11) is 0. The zero-order valence-corrected chi connectivity index (χ0v) is 8.92. The van der Waals surface area contributed by atoms with Gasteiger partial charge in [0, 0.05) is 0 Å². The van der Waals surface area contributed by atoms with Gasteiger partial charge in [-0.3, -0.25) is 0 Å². The highest BCUT2D eigenvalue weighted by Crippen LogP contribution is 2.02. The van der Waals surface area contributed by atoms with Gasteiger partial charge in [0.25, 0.3) is 0 Å². The number of rotatable bonds is 6. The molecule has 0 aliphatic rings. The van der Waals surface area contributed by atoms with Crippen LogP contribution in [-0.2, 0) is 4.74 Å². The lowest BCUT2D eigenvalue weighted by Crippen LogP contribution is -1.91. The maximum atomic E-state index is 5.55. The zero-order valence-electron chi connectivity index (χ0n) is 8.92. The van der Waals surface area contributed by atoms with Crippen molar-refractivity contribution >= 4 is 0 Å². The average Bonchev–Trinajstić information content (AvgIpc) is 2.14. The lowest BCUT2D eigenvalue weighted by Gasteiger charge is -2.04. The van der Waals surface area contributed by atoms with Crippen molar-refractivity contribution in [3.05, 3.63) is 36.1 Å². The molecule has 74 valence electrons. The van der Waals surface area contributed by atoms with E-state index in [4.69, 9.17) is 4.74 Å². The number of unbranched alkanes of at least 4 members (excludes halogenated alkanes) is 1. The molecule has 0 N–H and O–H groups in total. The predicted octanol–water partition coefficient (Wildman–Crippen LogP) is 3.84. The highest BCUT2D eigenvalue weighted by Gasteiger charge is 1.89. The third-order valence-electron chi connectivity index (χ3n) is 1.55. The van der Waals surface area contributed by atoms with Gasteiger partial charge in [-0.1, -0.05) is 31.6 Å². The summed E-state index contributed by atoms with van der Waals surface area (Å²) in [5.74, 6) is 0.939. The van der Waals surface area contributed by atoms with Crippen molar-refractivity contribution < 1.29 is 4.74 Å². The van der Waals surface area contributed by atoms with Crippen LogP contribution in [0.1, 0.15) is 33.6 Å². The van der Waals surface area contributed by atoms with Crippen molar-refractivity contribution in [2.24, 2.45) is 0 Å². The fourth-order valence-corrected chi connectivity index (χ4v) is 0.841. The second-order valence-corrected chi connectivity index (χ2v) is 2.80. The van der Waals surface area contributed by atoms with Crippen LogP contribution in [0.25, 0.3) is 0 Å². The number of hydrogen-bond donors (Lipinski definition) is 0. The lowest BCUT2D eigenvalue weighted by atomic mass is 10.3. The molecule has 0 saturated carbocycles. The fraction of sp³-hybridized carbons (Fsp3) is 0.500. The summed E-state index contributed by atoms with van der Waals surface area (Å²) in [5, 5.41) is 0. The summed E-state index contributed by atoms with van der Waals surface area (Å²) in [4.78, 5) is 0. The van der Waals surface area contributed by atoms with Crippen LogP contribution in [0, 0.1) is 0 Å². The first kappa shape index (κ1) is 12.0. The normalized spacial score (nSPS) is 13.0. The molecule has 0 radical (unpaired) electrons. The van der Waals surface area contributed by atoms with Crippen LogP contribution >= 0.6 is 0 Å². The Bertz CT molecular complexity index is 187. The second-order valence-electron chi connectivity index (χ2n) is 2.80. The topological polar surface area (TPSA) is 9.23 Å². The van der Waals surface area contributed by atoms with E-state index in [9.17, 15) is 0 Å². The van der Waals surface area contributed by atoms with E-state index < -0.39 is 0 Å². The molecule has 0 bridgehead atoms. The van der Waals surface area contributed by atoms with Gasteiger partial charge in [0.2, 0.25) is 0 Å². The smallest absolute Gasteiger partial charge is 0.118 e. The predicted molar refractivity (Wildman–Crippen MR) is 58.6 cm³/mol. The highest BCUT2D eigenvalue weighted by atomic mass is 16.5. The molecule has 0 aromatic rings. The largest absolute Gasteiger partial charge is 0.494 e. The number of hydrogen-bond acceptors (Lipinski definition) is 1. The van der Waals surface area contributed by atoms with Gasteiger partial charge >= 0.3 is 0 Å². The molecular formula is C12H20O. The first-order valence-corrected chi connectivity index (χ1v) is 4.93. The van der Waals surface area contributed by atoms with Crippen LogP contribution < -0.4 is 0 Å². The molecule has 0 aliphatic carbocycles. The minimum Gasteiger partial charge on any atom is -0.494 e. The molecule has 0 atom stereocenters. The summed E-state index contributed by atoms with van der Waals surface area (Å²) >= 11 is 0. The first-order chi connectivity index (χ1) is 6.35. The Kier molecular flexibility index (Phi) is 8.42. The molecule has 0 aromatic heterocycles. The Morgan fingerprint density at radius 3 is 2.54 bits per heavy atom. The molecule has 1 nitrogen and oxygen atoms in total. The minimum atomic E-state index is 0.810. The van der Waals surface area contributed by atoms with E-state index in [0.29, 0.717) is 0 Å². The number of ether oxygens (including phenoxy) is 1. The van der Waals surface area contributed by atoms with Gasteiger partial charge in [0.05, 0.1) is 6.61 Å². The van der Waals surface area contributed by atoms with E-state index in [2.05, 4.69) is 6.92 Å². The summed E-state index contributed by atoms with van der Waals surface area (Å²) in [6, 6.07) is 0. The molecule has 0 amide bonds. The van der Waals surface area contributed by atoms with Crippen LogP contribution in [0.15, 0.2) is 36.1 Å². The van der Waals surface area contributed by atoms with Crippen molar-refractivity contribution in [1.29, 1.82) is 0 Å². The van der Waals surface area contributed by atoms with E-state index in [1.165, 1.54) is 6.42 Å². The third-order valence-corrected chi connectivity index (χ3v) is 1.55. The van der Waals surface area contributed by atoms with E-state index in [0.717, 1.165) is 18.8 Å². The summed E-state index contributed by atoms with van der Waals surface area (Å²) in [6.45, 7) is 6.96. The van der Waals surface area contributed by atoms with Crippen molar-refractivity contribution in [2.75, 3.05) is 6.61 Å². The molecule has 0 unspecified atom stereocenters. The summed E-state index contributed by atoms with van der Waals surface area (Å²) < 4.78 is 5.55.